The Morgan fingerprint density at radius 2 is 1.72 bits per heavy atom. The van der Waals surface area contributed by atoms with Gasteiger partial charge < -0.3 is 15.2 Å². The maximum atomic E-state index is 12.6. The molecular formula is C20H32N2O3. The molecule has 1 fully saturated rings. The van der Waals surface area contributed by atoms with Gasteiger partial charge in [-0.1, -0.05) is 45.0 Å². The van der Waals surface area contributed by atoms with Gasteiger partial charge in [0.05, 0.1) is 24.9 Å². The van der Waals surface area contributed by atoms with Gasteiger partial charge in [-0.2, -0.15) is 0 Å². The minimum Gasteiger partial charge on any atom is -0.387 e. The molecule has 1 aromatic carbocycles. The number of benzene rings is 1. The van der Waals surface area contributed by atoms with Gasteiger partial charge >= 0.3 is 0 Å². The van der Waals surface area contributed by atoms with Crippen LogP contribution in [0.25, 0.3) is 0 Å². The molecular weight excluding hydrogens is 316 g/mol. The Labute approximate surface area is 151 Å². The van der Waals surface area contributed by atoms with E-state index in [2.05, 4.69) is 31.0 Å². The van der Waals surface area contributed by atoms with Gasteiger partial charge in [0.25, 0.3) is 0 Å². The average molecular weight is 348 g/mol. The highest BCUT2D eigenvalue weighted by Gasteiger charge is 2.35. The van der Waals surface area contributed by atoms with Crippen LogP contribution in [0, 0.1) is 0 Å². The average Bonchev–Trinajstić information content (AvgIpc) is 2.59. The second kappa shape index (κ2) is 7.85. The lowest BCUT2D eigenvalue weighted by molar-refractivity contribution is -0.135. The van der Waals surface area contributed by atoms with Crippen molar-refractivity contribution in [1.29, 1.82) is 0 Å². The van der Waals surface area contributed by atoms with Crippen LogP contribution in [0.3, 0.4) is 0 Å². The van der Waals surface area contributed by atoms with E-state index < -0.39 is 11.6 Å². The molecule has 1 aliphatic rings. The lowest BCUT2D eigenvalue weighted by atomic mass is 9.86. The van der Waals surface area contributed by atoms with Crippen molar-refractivity contribution in [3.63, 3.8) is 0 Å². The van der Waals surface area contributed by atoms with Crippen LogP contribution in [0.4, 0.5) is 0 Å². The van der Waals surface area contributed by atoms with E-state index in [0.29, 0.717) is 13.2 Å². The SMILES string of the molecule is CC(C)(C)c1ccc([C@@H](O)CNC(=O)C(C)(C)N2CCOCC2)cc1. The zero-order chi connectivity index (χ0) is 18.7. The zero-order valence-corrected chi connectivity index (χ0v) is 16.1. The van der Waals surface area contributed by atoms with Crippen molar-refractivity contribution < 1.29 is 14.6 Å². The molecule has 1 amide bonds. The zero-order valence-electron chi connectivity index (χ0n) is 16.1. The van der Waals surface area contributed by atoms with E-state index in [1.807, 2.05) is 38.1 Å². The molecule has 5 heteroatoms. The number of aliphatic hydroxyl groups is 1. The number of morpholine rings is 1. The predicted molar refractivity (Wildman–Crippen MR) is 99.6 cm³/mol. The summed E-state index contributed by atoms with van der Waals surface area (Å²) in [4.78, 5) is 14.7. The van der Waals surface area contributed by atoms with Gasteiger partial charge in [0.2, 0.25) is 5.91 Å². The van der Waals surface area contributed by atoms with Crippen LogP contribution in [0.15, 0.2) is 24.3 Å². The highest BCUT2D eigenvalue weighted by molar-refractivity contribution is 5.85. The molecule has 2 rings (SSSR count). The third kappa shape index (κ3) is 5.03. The molecule has 1 heterocycles. The molecule has 5 nitrogen and oxygen atoms in total. The molecule has 0 radical (unpaired) electrons. The first-order chi connectivity index (χ1) is 11.6. The van der Waals surface area contributed by atoms with Crippen molar-refractivity contribution in [3.8, 4) is 0 Å². The van der Waals surface area contributed by atoms with E-state index in [-0.39, 0.29) is 17.9 Å². The molecule has 0 saturated carbocycles. The first kappa shape index (κ1) is 19.9. The fraction of sp³-hybridized carbons (Fsp3) is 0.650. The Bertz CT molecular complexity index is 570. The second-order valence-corrected chi connectivity index (χ2v) is 8.26. The summed E-state index contributed by atoms with van der Waals surface area (Å²) >= 11 is 0. The minimum atomic E-state index is -0.710. The maximum absolute atomic E-state index is 12.6. The predicted octanol–water partition coefficient (Wildman–Crippen LogP) is 2.24. The molecule has 1 aromatic rings. The Morgan fingerprint density at radius 3 is 2.24 bits per heavy atom. The van der Waals surface area contributed by atoms with E-state index in [0.717, 1.165) is 18.7 Å². The van der Waals surface area contributed by atoms with Crippen LogP contribution in [0.5, 0.6) is 0 Å². The maximum Gasteiger partial charge on any atom is 0.240 e. The van der Waals surface area contributed by atoms with Crippen molar-refractivity contribution >= 4 is 5.91 Å². The van der Waals surface area contributed by atoms with Gasteiger partial charge in [-0.15, -0.1) is 0 Å². The molecule has 0 spiro atoms. The van der Waals surface area contributed by atoms with E-state index in [1.54, 1.807) is 0 Å². The number of aliphatic hydroxyl groups excluding tert-OH is 1. The standard InChI is InChI=1S/C20H32N2O3/c1-19(2,3)16-8-6-15(7-9-16)17(23)14-21-18(24)20(4,5)22-10-12-25-13-11-22/h6-9,17,23H,10-14H2,1-5H3,(H,21,24)/t17-/m0/s1. The number of amides is 1. The molecule has 140 valence electrons. The number of carbonyl (C=O) groups is 1. The van der Waals surface area contributed by atoms with Gasteiger partial charge in [0.1, 0.15) is 0 Å². The number of nitrogens with one attached hydrogen (secondary N) is 1. The third-order valence-electron chi connectivity index (χ3n) is 4.97. The monoisotopic (exact) mass is 348 g/mol. The van der Waals surface area contributed by atoms with Crippen LogP contribution in [-0.4, -0.2) is 54.3 Å². The van der Waals surface area contributed by atoms with Crippen LogP contribution in [0.2, 0.25) is 0 Å². The number of hydrogen-bond donors (Lipinski definition) is 2. The Morgan fingerprint density at radius 1 is 1.16 bits per heavy atom. The summed E-state index contributed by atoms with van der Waals surface area (Å²) in [5, 5.41) is 13.3. The number of ether oxygens (including phenoxy) is 1. The van der Waals surface area contributed by atoms with Gasteiger partial charge in [0.15, 0.2) is 0 Å². The lowest BCUT2D eigenvalue weighted by Gasteiger charge is -2.39. The highest BCUT2D eigenvalue weighted by atomic mass is 16.5. The van der Waals surface area contributed by atoms with Crippen molar-refractivity contribution in [2.45, 2.75) is 51.7 Å². The summed E-state index contributed by atoms with van der Waals surface area (Å²) in [6, 6.07) is 7.95. The van der Waals surface area contributed by atoms with Gasteiger partial charge in [0, 0.05) is 19.6 Å². The molecule has 1 aliphatic heterocycles. The summed E-state index contributed by atoms with van der Waals surface area (Å²) in [6.45, 7) is 13.3. The number of hydrogen-bond acceptors (Lipinski definition) is 4. The molecule has 0 aliphatic carbocycles. The highest BCUT2D eigenvalue weighted by Crippen LogP contribution is 2.24. The quantitative estimate of drug-likeness (QED) is 0.857. The summed E-state index contributed by atoms with van der Waals surface area (Å²) in [7, 11) is 0. The summed E-state index contributed by atoms with van der Waals surface area (Å²) in [5.41, 5.74) is 1.51. The fourth-order valence-electron chi connectivity index (χ4n) is 2.99. The third-order valence-corrected chi connectivity index (χ3v) is 4.97. The van der Waals surface area contributed by atoms with Crippen LogP contribution >= 0.6 is 0 Å². The van der Waals surface area contributed by atoms with E-state index in [1.165, 1.54) is 5.56 Å². The van der Waals surface area contributed by atoms with Crippen molar-refractivity contribution in [2.75, 3.05) is 32.8 Å². The van der Waals surface area contributed by atoms with E-state index in [9.17, 15) is 9.90 Å². The van der Waals surface area contributed by atoms with Crippen molar-refractivity contribution in [3.05, 3.63) is 35.4 Å². The van der Waals surface area contributed by atoms with E-state index in [4.69, 9.17) is 4.74 Å². The molecule has 0 bridgehead atoms. The number of nitrogens with zero attached hydrogens (tertiary/aromatic N) is 1. The Kier molecular flexibility index (Phi) is 6.25. The summed E-state index contributed by atoms with van der Waals surface area (Å²) in [6.07, 6.45) is -0.710. The fourth-order valence-corrected chi connectivity index (χ4v) is 2.99. The normalized spacial score (nSPS) is 18.0. The topological polar surface area (TPSA) is 61.8 Å². The molecule has 0 unspecified atom stereocenters. The Balaban J connectivity index is 1.92. The number of carbonyl (C=O) groups excluding carboxylic acids is 1. The molecule has 1 saturated heterocycles. The minimum absolute atomic E-state index is 0.0697. The molecule has 25 heavy (non-hydrogen) atoms. The lowest BCUT2D eigenvalue weighted by Crippen LogP contribution is -2.58. The first-order valence-electron chi connectivity index (χ1n) is 9.02. The van der Waals surface area contributed by atoms with Crippen LogP contribution < -0.4 is 5.32 Å². The van der Waals surface area contributed by atoms with Crippen LogP contribution in [0.1, 0.15) is 51.8 Å². The Hall–Kier alpha value is -1.43. The molecule has 2 N–H and O–H groups in total. The largest absolute Gasteiger partial charge is 0.387 e. The second-order valence-electron chi connectivity index (χ2n) is 8.26. The van der Waals surface area contributed by atoms with E-state index >= 15 is 0 Å². The molecule has 1 atom stereocenters. The van der Waals surface area contributed by atoms with Gasteiger partial charge in [-0.05, 0) is 30.4 Å². The first-order valence-corrected chi connectivity index (χ1v) is 9.02. The molecule has 0 aromatic heterocycles. The van der Waals surface area contributed by atoms with Crippen LogP contribution in [-0.2, 0) is 14.9 Å². The van der Waals surface area contributed by atoms with Crippen molar-refractivity contribution in [2.24, 2.45) is 0 Å². The van der Waals surface area contributed by atoms with Gasteiger partial charge in [-0.25, -0.2) is 0 Å². The summed E-state index contributed by atoms with van der Waals surface area (Å²) < 4.78 is 5.35. The summed E-state index contributed by atoms with van der Waals surface area (Å²) in [5.74, 6) is -0.0697. The number of rotatable bonds is 5. The smallest absolute Gasteiger partial charge is 0.240 e. The van der Waals surface area contributed by atoms with Gasteiger partial charge in [-0.3, -0.25) is 9.69 Å². The van der Waals surface area contributed by atoms with Crippen molar-refractivity contribution in [1.82, 2.24) is 10.2 Å².